The van der Waals surface area contributed by atoms with Crippen LogP contribution in [0.25, 0.3) is 0 Å². The molecule has 5 nitrogen and oxygen atoms in total. The van der Waals surface area contributed by atoms with E-state index in [4.69, 9.17) is 5.26 Å². The van der Waals surface area contributed by atoms with E-state index in [0.717, 1.165) is 48.9 Å². The summed E-state index contributed by atoms with van der Waals surface area (Å²) in [6.45, 7) is 5.05. The van der Waals surface area contributed by atoms with Crippen molar-refractivity contribution in [2.24, 2.45) is 40.9 Å². The van der Waals surface area contributed by atoms with E-state index in [1.807, 2.05) is 6.92 Å². The van der Waals surface area contributed by atoms with E-state index in [2.05, 4.69) is 18.1 Å². The highest BCUT2D eigenvalue weighted by molar-refractivity contribution is 5.21. The summed E-state index contributed by atoms with van der Waals surface area (Å²) in [5.74, 6) is 4.69. The van der Waals surface area contributed by atoms with Crippen LogP contribution in [0.5, 0.6) is 0 Å². The molecule has 1 heterocycles. The van der Waals surface area contributed by atoms with Crippen molar-refractivity contribution >= 4 is 0 Å². The van der Waals surface area contributed by atoms with E-state index < -0.39 is 11.7 Å². The third-order valence-electron chi connectivity index (χ3n) is 10.2. The first-order valence-corrected chi connectivity index (χ1v) is 12.6. The van der Waals surface area contributed by atoms with Gasteiger partial charge in [-0.3, -0.25) is 4.68 Å². The number of rotatable bonds is 4. The van der Waals surface area contributed by atoms with E-state index in [-0.39, 0.29) is 0 Å². The number of aliphatic hydroxyl groups is 2. The Morgan fingerprint density at radius 2 is 1.94 bits per heavy atom. The van der Waals surface area contributed by atoms with Gasteiger partial charge in [-0.2, -0.15) is 10.4 Å². The summed E-state index contributed by atoms with van der Waals surface area (Å²) in [6, 6.07) is 2.11. The van der Waals surface area contributed by atoms with Crippen LogP contribution in [-0.2, 0) is 6.54 Å². The number of hydrogen-bond acceptors (Lipinski definition) is 4. The lowest BCUT2D eigenvalue weighted by Crippen LogP contribution is -2.50. The Bertz CT molecular complexity index is 842. The van der Waals surface area contributed by atoms with Crippen LogP contribution in [0.2, 0.25) is 0 Å². The molecule has 31 heavy (non-hydrogen) atoms. The van der Waals surface area contributed by atoms with Crippen molar-refractivity contribution in [1.29, 1.82) is 5.26 Å². The summed E-state index contributed by atoms with van der Waals surface area (Å²) in [6.07, 6.45) is 14.8. The smallest absolute Gasteiger partial charge is 0.102 e. The summed E-state index contributed by atoms with van der Waals surface area (Å²) in [7, 11) is 0. The first-order valence-electron chi connectivity index (χ1n) is 12.6. The molecule has 5 heteroatoms. The number of fused-ring (bicyclic) bond motifs is 5. The third-order valence-corrected chi connectivity index (χ3v) is 10.2. The Balaban J connectivity index is 1.24. The molecule has 0 saturated heterocycles. The second-order valence-electron chi connectivity index (χ2n) is 11.9. The van der Waals surface area contributed by atoms with Crippen molar-refractivity contribution in [3.8, 4) is 6.07 Å². The molecule has 1 aromatic rings. The van der Waals surface area contributed by atoms with Crippen LogP contribution in [0.15, 0.2) is 12.4 Å². The molecule has 0 spiro atoms. The van der Waals surface area contributed by atoms with Gasteiger partial charge in [-0.25, -0.2) is 0 Å². The highest BCUT2D eigenvalue weighted by Crippen LogP contribution is 2.65. The molecule has 9 atom stereocenters. The van der Waals surface area contributed by atoms with Crippen molar-refractivity contribution in [3.05, 3.63) is 18.0 Å². The van der Waals surface area contributed by atoms with E-state index in [1.165, 1.54) is 44.9 Å². The molecule has 0 unspecified atom stereocenters. The highest BCUT2D eigenvalue weighted by Gasteiger charge is 2.57. The predicted molar refractivity (Wildman–Crippen MR) is 119 cm³/mol. The molecule has 2 N–H and O–H groups in total. The molecule has 4 aliphatic carbocycles. The summed E-state index contributed by atoms with van der Waals surface area (Å²) in [5.41, 5.74) is 0.476. The zero-order valence-corrected chi connectivity index (χ0v) is 19.2. The van der Waals surface area contributed by atoms with Gasteiger partial charge in [0, 0.05) is 6.20 Å². The van der Waals surface area contributed by atoms with Crippen molar-refractivity contribution in [2.45, 2.75) is 96.3 Å². The number of nitrogens with zero attached hydrogens (tertiary/aromatic N) is 3. The van der Waals surface area contributed by atoms with Crippen LogP contribution in [0.3, 0.4) is 0 Å². The van der Waals surface area contributed by atoms with Crippen molar-refractivity contribution < 1.29 is 10.2 Å². The Kier molecular flexibility index (Phi) is 5.46. The maximum absolute atomic E-state index is 10.8. The molecular weight excluding hydrogens is 386 g/mol. The number of aromatic nitrogens is 2. The van der Waals surface area contributed by atoms with Gasteiger partial charge in [0.25, 0.3) is 0 Å². The second-order valence-corrected chi connectivity index (χ2v) is 11.9. The average Bonchev–Trinajstić information content (AvgIpc) is 3.31. The van der Waals surface area contributed by atoms with Gasteiger partial charge in [-0.05, 0) is 112 Å². The largest absolute Gasteiger partial charge is 0.391 e. The maximum atomic E-state index is 10.8. The topological polar surface area (TPSA) is 82.1 Å². The monoisotopic (exact) mass is 425 g/mol. The standard InChI is InChI=1S/C26H39N3O2/c1-25(31)9-7-21-18(12-25)3-5-23-22(21)8-10-26(2)19(4-6-24(23)26)11-20(30)16-29-15-17(13-27)14-28-29/h14-15,18-24,30-31H,3-12,16H2,1-2H3/t18-,19-,20+,21+,22-,23-,24+,25-,26-/m1/s1. The van der Waals surface area contributed by atoms with E-state index in [1.54, 1.807) is 17.1 Å². The fraction of sp³-hybridized carbons (Fsp3) is 0.846. The number of aliphatic hydroxyl groups excluding tert-OH is 1. The zero-order valence-electron chi connectivity index (χ0n) is 19.2. The molecule has 1 aromatic heterocycles. The third kappa shape index (κ3) is 3.85. The van der Waals surface area contributed by atoms with Gasteiger partial charge in [-0.1, -0.05) is 6.92 Å². The minimum atomic E-state index is -0.436. The van der Waals surface area contributed by atoms with Crippen LogP contribution in [0.4, 0.5) is 0 Å². The van der Waals surface area contributed by atoms with E-state index in [9.17, 15) is 10.2 Å². The summed E-state index contributed by atoms with van der Waals surface area (Å²) in [4.78, 5) is 0. The molecule has 0 aliphatic heterocycles. The fourth-order valence-electron chi connectivity index (χ4n) is 8.72. The summed E-state index contributed by atoms with van der Waals surface area (Å²) >= 11 is 0. The van der Waals surface area contributed by atoms with Crippen LogP contribution in [0.1, 0.15) is 83.6 Å². The van der Waals surface area contributed by atoms with Crippen molar-refractivity contribution in [1.82, 2.24) is 9.78 Å². The first kappa shape index (κ1) is 21.5. The van der Waals surface area contributed by atoms with Gasteiger partial charge in [0.15, 0.2) is 0 Å². The van der Waals surface area contributed by atoms with Gasteiger partial charge in [0.1, 0.15) is 6.07 Å². The molecule has 0 bridgehead atoms. The highest BCUT2D eigenvalue weighted by atomic mass is 16.3. The Morgan fingerprint density at radius 3 is 2.71 bits per heavy atom. The molecule has 4 saturated carbocycles. The average molecular weight is 426 g/mol. The fourth-order valence-corrected chi connectivity index (χ4v) is 8.72. The SMILES string of the molecule is C[C@@]1(O)CC[C@H]2[C@H](CC[C@@H]3[C@@H]2CC[C@]2(C)[C@@H](C[C@H](O)Cn4cc(C#N)cn4)CC[C@@H]32)C1. The quantitative estimate of drug-likeness (QED) is 0.743. The van der Waals surface area contributed by atoms with Crippen LogP contribution in [-0.4, -0.2) is 31.7 Å². The lowest BCUT2D eigenvalue weighted by Gasteiger charge is -2.57. The molecule has 0 aromatic carbocycles. The number of hydrogen-bond donors (Lipinski definition) is 2. The minimum absolute atomic E-state index is 0.358. The zero-order chi connectivity index (χ0) is 21.8. The molecule has 4 fully saturated rings. The van der Waals surface area contributed by atoms with Gasteiger partial charge in [0.2, 0.25) is 0 Å². The Morgan fingerprint density at radius 1 is 1.13 bits per heavy atom. The Labute approximate surface area is 186 Å². The summed E-state index contributed by atoms with van der Waals surface area (Å²) < 4.78 is 1.72. The summed E-state index contributed by atoms with van der Waals surface area (Å²) in [5, 5.41) is 34.6. The lowest BCUT2D eigenvalue weighted by atomic mass is 9.49. The van der Waals surface area contributed by atoms with Crippen LogP contribution in [0, 0.1) is 52.3 Å². The van der Waals surface area contributed by atoms with Crippen molar-refractivity contribution in [2.75, 3.05) is 0 Å². The van der Waals surface area contributed by atoms with Crippen molar-refractivity contribution in [3.63, 3.8) is 0 Å². The molecule has 0 amide bonds. The maximum Gasteiger partial charge on any atom is 0.102 e. The van der Waals surface area contributed by atoms with Gasteiger partial charge in [-0.15, -0.1) is 0 Å². The van der Waals surface area contributed by atoms with Gasteiger partial charge in [0.05, 0.1) is 30.0 Å². The lowest BCUT2D eigenvalue weighted by molar-refractivity contribution is -0.102. The molecule has 4 aliphatic rings. The van der Waals surface area contributed by atoms with E-state index in [0.29, 0.717) is 23.4 Å². The number of nitriles is 1. The normalized spacial score (nSPS) is 45.3. The first-order chi connectivity index (χ1) is 14.8. The molecular formula is C26H39N3O2. The van der Waals surface area contributed by atoms with E-state index >= 15 is 0 Å². The predicted octanol–water partition coefficient (Wildman–Crippen LogP) is 4.53. The van der Waals surface area contributed by atoms with Gasteiger partial charge < -0.3 is 10.2 Å². The van der Waals surface area contributed by atoms with Gasteiger partial charge >= 0.3 is 0 Å². The van der Waals surface area contributed by atoms with Crippen LogP contribution < -0.4 is 0 Å². The molecule has 0 radical (unpaired) electrons. The molecule has 170 valence electrons. The molecule has 5 rings (SSSR count). The van der Waals surface area contributed by atoms with Crippen LogP contribution >= 0.6 is 0 Å². The second kappa shape index (κ2) is 7.89. The Hall–Kier alpha value is -1.38. The minimum Gasteiger partial charge on any atom is -0.391 e.